The van der Waals surface area contributed by atoms with Crippen LogP contribution in [0.5, 0.6) is 5.75 Å². The highest BCUT2D eigenvalue weighted by Gasteiger charge is 2.40. The minimum absolute atomic E-state index is 0.0323. The van der Waals surface area contributed by atoms with Crippen molar-refractivity contribution in [3.8, 4) is 5.75 Å². The van der Waals surface area contributed by atoms with E-state index >= 15 is 0 Å². The fraction of sp³-hybridized carbons (Fsp3) is 0.462. The number of halogens is 3. The third-order valence-corrected chi connectivity index (χ3v) is 2.73. The monoisotopic (exact) mass is 290 g/mol. The second-order valence-corrected chi connectivity index (χ2v) is 4.42. The lowest BCUT2D eigenvalue weighted by Gasteiger charge is -2.23. The van der Waals surface area contributed by atoms with Crippen molar-refractivity contribution < 1.29 is 22.7 Å². The summed E-state index contributed by atoms with van der Waals surface area (Å²) in [6.45, 7) is -0.386. The van der Waals surface area contributed by atoms with Crippen LogP contribution in [0.1, 0.15) is 11.6 Å². The number of carbonyl (C=O) groups excluding carboxylic acids is 1. The predicted octanol–water partition coefficient (Wildman–Crippen LogP) is 1.98. The SMILES string of the molecule is COc1ccc([C@@H](NCC(=O)N(C)C)C(F)(F)F)cc1. The number of likely N-dealkylation sites (N-methyl/N-ethyl adjacent to an activating group) is 1. The summed E-state index contributed by atoms with van der Waals surface area (Å²) in [7, 11) is 4.41. The molecule has 0 saturated heterocycles. The van der Waals surface area contributed by atoms with Crippen molar-refractivity contribution in [2.45, 2.75) is 12.2 Å². The van der Waals surface area contributed by atoms with Gasteiger partial charge in [0.05, 0.1) is 13.7 Å². The Labute approximate surface area is 115 Å². The Kier molecular flexibility index (Phi) is 5.38. The molecule has 4 nitrogen and oxygen atoms in total. The number of nitrogens with zero attached hydrogens (tertiary/aromatic N) is 1. The smallest absolute Gasteiger partial charge is 0.407 e. The van der Waals surface area contributed by atoms with E-state index in [9.17, 15) is 18.0 Å². The molecule has 1 rings (SSSR count). The normalized spacial score (nSPS) is 12.9. The van der Waals surface area contributed by atoms with Crippen LogP contribution in [0.25, 0.3) is 0 Å². The van der Waals surface area contributed by atoms with Crippen LogP contribution in [-0.4, -0.2) is 44.7 Å². The van der Waals surface area contributed by atoms with Crippen molar-refractivity contribution in [1.29, 1.82) is 0 Å². The van der Waals surface area contributed by atoms with E-state index in [4.69, 9.17) is 4.74 Å². The first-order valence-corrected chi connectivity index (χ1v) is 5.90. The minimum atomic E-state index is -4.48. The fourth-order valence-electron chi connectivity index (χ4n) is 1.57. The standard InChI is InChI=1S/C13H17F3N2O2/c1-18(2)11(19)8-17-12(13(14,15)16)9-4-6-10(20-3)7-5-9/h4-7,12,17H,8H2,1-3H3/t12-/m1/s1. The van der Waals surface area contributed by atoms with Crippen LogP contribution in [0.3, 0.4) is 0 Å². The zero-order valence-corrected chi connectivity index (χ0v) is 11.5. The summed E-state index contributed by atoms with van der Waals surface area (Å²) >= 11 is 0. The van der Waals surface area contributed by atoms with E-state index in [0.29, 0.717) is 5.75 Å². The summed E-state index contributed by atoms with van der Waals surface area (Å²) in [5.74, 6) is 0.0480. The van der Waals surface area contributed by atoms with Crippen LogP contribution >= 0.6 is 0 Å². The molecule has 1 atom stereocenters. The lowest BCUT2D eigenvalue weighted by atomic mass is 10.1. The van der Waals surface area contributed by atoms with Crippen molar-refractivity contribution in [3.05, 3.63) is 29.8 Å². The molecule has 0 bridgehead atoms. The fourth-order valence-corrected chi connectivity index (χ4v) is 1.57. The van der Waals surface area contributed by atoms with Gasteiger partial charge in [0.25, 0.3) is 0 Å². The van der Waals surface area contributed by atoms with Gasteiger partial charge in [0.2, 0.25) is 5.91 Å². The van der Waals surface area contributed by atoms with Gasteiger partial charge in [-0.05, 0) is 17.7 Å². The summed E-state index contributed by atoms with van der Waals surface area (Å²) in [5.41, 5.74) is 0.0323. The van der Waals surface area contributed by atoms with Gasteiger partial charge in [-0.1, -0.05) is 12.1 Å². The number of amides is 1. The summed E-state index contributed by atoms with van der Waals surface area (Å²) in [5, 5.41) is 2.24. The van der Waals surface area contributed by atoms with Gasteiger partial charge >= 0.3 is 6.18 Å². The van der Waals surface area contributed by atoms with E-state index in [1.165, 1.54) is 50.4 Å². The molecule has 0 fully saturated rings. The number of hydrogen-bond acceptors (Lipinski definition) is 3. The van der Waals surface area contributed by atoms with Crippen LogP contribution in [0.4, 0.5) is 13.2 Å². The van der Waals surface area contributed by atoms with E-state index in [0.717, 1.165) is 0 Å². The summed E-state index contributed by atoms with van der Waals surface area (Å²) in [6.07, 6.45) is -4.48. The first-order chi connectivity index (χ1) is 9.25. The molecular formula is C13H17F3N2O2. The van der Waals surface area contributed by atoms with Gasteiger partial charge in [-0.2, -0.15) is 13.2 Å². The maximum Gasteiger partial charge on any atom is 0.407 e. The average Bonchev–Trinajstić information content (AvgIpc) is 2.37. The van der Waals surface area contributed by atoms with E-state index in [1.54, 1.807) is 0 Å². The lowest BCUT2D eigenvalue weighted by molar-refractivity contribution is -0.158. The van der Waals surface area contributed by atoms with Gasteiger partial charge in [-0.15, -0.1) is 0 Å². The Morgan fingerprint density at radius 3 is 2.25 bits per heavy atom. The third kappa shape index (κ3) is 4.41. The first kappa shape index (κ1) is 16.3. The number of carbonyl (C=O) groups is 1. The number of hydrogen-bond donors (Lipinski definition) is 1. The second-order valence-electron chi connectivity index (χ2n) is 4.42. The number of nitrogens with one attached hydrogen (secondary N) is 1. The quantitative estimate of drug-likeness (QED) is 0.901. The molecule has 1 amide bonds. The summed E-state index contributed by atoms with van der Waals surface area (Å²) in [4.78, 5) is 12.6. The molecule has 20 heavy (non-hydrogen) atoms. The zero-order chi connectivity index (χ0) is 15.3. The Morgan fingerprint density at radius 2 is 1.85 bits per heavy atom. The molecule has 0 heterocycles. The van der Waals surface area contributed by atoms with E-state index in [-0.39, 0.29) is 12.1 Å². The van der Waals surface area contributed by atoms with Gasteiger partial charge in [-0.3, -0.25) is 10.1 Å². The molecule has 0 aliphatic carbocycles. The van der Waals surface area contributed by atoms with Gasteiger partial charge in [-0.25, -0.2) is 0 Å². The van der Waals surface area contributed by atoms with Crippen LogP contribution in [0.15, 0.2) is 24.3 Å². The molecule has 0 aliphatic rings. The Balaban J connectivity index is 2.86. The molecule has 0 spiro atoms. The van der Waals surface area contributed by atoms with Crippen molar-refractivity contribution in [2.24, 2.45) is 0 Å². The van der Waals surface area contributed by atoms with E-state index in [2.05, 4.69) is 5.32 Å². The number of methoxy groups -OCH3 is 1. The Bertz CT molecular complexity index is 444. The number of benzene rings is 1. The van der Waals surface area contributed by atoms with Gasteiger partial charge in [0.15, 0.2) is 0 Å². The highest BCUT2D eigenvalue weighted by molar-refractivity contribution is 5.77. The summed E-state index contributed by atoms with van der Waals surface area (Å²) in [6, 6.07) is 3.65. The zero-order valence-electron chi connectivity index (χ0n) is 11.5. The predicted molar refractivity (Wildman–Crippen MR) is 68.5 cm³/mol. The first-order valence-electron chi connectivity index (χ1n) is 5.90. The molecule has 0 radical (unpaired) electrons. The maximum absolute atomic E-state index is 13.0. The topological polar surface area (TPSA) is 41.6 Å². The number of alkyl halides is 3. The van der Waals surface area contributed by atoms with Crippen molar-refractivity contribution in [2.75, 3.05) is 27.7 Å². The van der Waals surface area contributed by atoms with Gasteiger partial charge in [0, 0.05) is 14.1 Å². The number of rotatable bonds is 5. The maximum atomic E-state index is 13.0. The van der Waals surface area contributed by atoms with Crippen LogP contribution in [0, 0.1) is 0 Å². The molecular weight excluding hydrogens is 273 g/mol. The Hall–Kier alpha value is -1.76. The largest absolute Gasteiger partial charge is 0.497 e. The minimum Gasteiger partial charge on any atom is -0.497 e. The van der Waals surface area contributed by atoms with Crippen molar-refractivity contribution in [3.63, 3.8) is 0 Å². The van der Waals surface area contributed by atoms with Crippen molar-refractivity contribution in [1.82, 2.24) is 10.2 Å². The van der Waals surface area contributed by atoms with Gasteiger partial charge < -0.3 is 9.64 Å². The highest BCUT2D eigenvalue weighted by atomic mass is 19.4. The van der Waals surface area contributed by atoms with Gasteiger partial charge in [0.1, 0.15) is 11.8 Å². The molecule has 1 aromatic carbocycles. The lowest BCUT2D eigenvalue weighted by Crippen LogP contribution is -2.40. The third-order valence-electron chi connectivity index (χ3n) is 2.73. The average molecular weight is 290 g/mol. The highest BCUT2D eigenvalue weighted by Crippen LogP contribution is 2.33. The molecule has 0 aliphatic heterocycles. The molecule has 1 aromatic rings. The number of ether oxygens (including phenoxy) is 1. The molecule has 0 aromatic heterocycles. The summed E-state index contributed by atoms with van der Waals surface area (Å²) < 4.78 is 44.0. The van der Waals surface area contributed by atoms with Crippen molar-refractivity contribution >= 4 is 5.91 Å². The van der Waals surface area contributed by atoms with Crippen LogP contribution in [0.2, 0.25) is 0 Å². The second kappa shape index (κ2) is 6.60. The van der Waals surface area contributed by atoms with Crippen LogP contribution < -0.4 is 10.1 Å². The molecule has 0 unspecified atom stereocenters. The molecule has 0 saturated carbocycles. The van der Waals surface area contributed by atoms with E-state index < -0.39 is 18.1 Å². The molecule has 7 heteroatoms. The van der Waals surface area contributed by atoms with E-state index in [1.807, 2.05) is 0 Å². The Morgan fingerprint density at radius 1 is 1.30 bits per heavy atom. The van der Waals surface area contributed by atoms with Crippen LogP contribution in [-0.2, 0) is 4.79 Å². The molecule has 1 N–H and O–H groups in total. The molecule has 112 valence electrons.